The average Bonchev–Trinajstić information content (AvgIpc) is 2.90. The molecule has 1 fully saturated rings. The Bertz CT molecular complexity index is 780. The largest absolute Gasteiger partial charge is 0.481 e. The molecule has 4 N–H and O–H groups in total. The van der Waals surface area contributed by atoms with Gasteiger partial charge in [-0.2, -0.15) is 0 Å². The minimum atomic E-state index is -2.74. The summed E-state index contributed by atoms with van der Waals surface area (Å²) in [5, 5.41) is 33.8. The Hall–Kier alpha value is -2.98. The summed E-state index contributed by atoms with van der Waals surface area (Å²) >= 11 is 0. The Morgan fingerprint density at radius 1 is 1.00 bits per heavy atom. The summed E-state index contributed by atoms with van der Waals surface area (Å²) in [7, 11) is 2.12. The summed E-state index contributed by atoms with van der Waals surface area (Å²) in [6.07, 6.45) is 0.458. The molecule has 1 aromatic rings. The number of aliphatic carboxylic acids is 3. The molecule has 1 saturated heterocycles. The van der Waals surface area contributed by atoms with Crippen LogP contribution in [0, 0.1) is 0 Å². The highest BCUT2D eigenvalue weighted by Crippen LogP contribution is 2.36. The van der Waals surface area contributed by atoms with Gasteiger partial charge < -0.3 is 30.1 Å². The number of ether oxygens (including phenoxy) is 1. The lowest BCUT2D eigenvalue weighted by molar-refractivity contribution is -0.170. The van der Waals surface area contributed by atoms with Gasteiger partial charge in [-0.05, 0) is 51.9 Å². The number of carboxylic acids is 3. The van der Waals surface area contributed by atoms with Crippen molar-refractivity contribution in [3.05, 3.63) is 35.9 Å². The molecule has 10 nitrogen and oxygen atoms in total. The van der Waals surface area contributed by atoms with Crippen LogP contribution in [0.15, 0.2) is 30.3 Å². The number of carboxylic acid groups (broad SMARTS) is 3. The van der Waals surface area contributed by atoms with E-state index < -0.39 is 41.8 Å². The molecule has 1 atom stereocenters. The number of aliphatic hydroxyl groups is 1. The zero-order valence-corrected chi connectivity index (χ0v) is 18.3. The van der Waals surface area contributed by atoms with Crippen molar-refractivity contribution < 1.29 is 44.3 Å². The molecule has 1 unspecified atom stereocenters. The molecule has 1 aliphatic heterocycles. The van der Waals surface area contributed by atoms with Crippen molar-refractivity contribution >= 4 is 23.9 Å². The van der Waals surface area contributed by atoms with Gasteiger partial charge in [-0.25, -0.2) is 4.79 Å². The molecule has 0 bridgehead atoms. The maximum atomic E-state index is 12.5. The Morgan fingerprint density at radius 2 is 1.56 bits per heavy atom. The van der Waals surface area contributed by atoms with Gasteiger partial charge in [0.2, 0.25) is 0 Å². The SMILES string of the molecule is CCOC(=O)C1(c2ccccc2)CCCN(C)CC1.O=C(O)CC(O)(CC(=O)O)C(=O)O. The van der Waals surface area contributed by atoms with E-state index in [1.165, 1.54) is 0 Å². The summed E-state index contributed by atoms with van der Waals surface area (Å²) in [5.41, 5.74) is -2.09. The fraction of sp³-hybridized carbons (Fsp3) is 0.545. The quantitative estimate of drug-likeness (QED) is 0.423. The zero-order chi connectivity index (χ0) is 24.4. The summed E-state index contributed by atoms with van der Waals surface area (Å²) in [6.45, 7) is 4.31. The van der Waals surface area contributed by atoms with Crippen molar-refractivity contribution in [1.29, 1.82) is 0 Å². The standard InChI is InChI=1S/C16H23NO2.C6H8O7/c1-3-19-15(18)16(14-8-5-4-6-9-14)10-7-12-17(2)13-11-16;7-3(8)1-6(13,5(11)12)2-4(9)10/h4-6,8-9H,3,7,10-13H2,1-2H3;13H,1-2H2,(H,7,8)(H,9,10)(H,11,12). The molecule has 0 saturated carbocycles. The summed E-state index contributed by atoms with van der Waals surface area (Å²) in [4.78, 5) is 45.3. The summed E-state index contributed by atoms with van der Waals surface area (Å²) < 4.78 is 5.37. The first-order valence-electron chi connectivity index (χ1n) is 10.3. The Labute approximate surface area is 186 Å². The van der Waals surface area contributed by atoms with E-state index in [1.807, 2.05) is 25.1 Å². The fourth-order valence-corrected chi connectivity index (χ4v) is 3.62. The van der Waals surface area contributed by atoms with Crippen molar-refractivity contribution in [1.82, 2.24) is 4.90 Å². The molecule has 0 amide bonds. The van der Waals surface area contributed by atoms with Crippen molar-refractivity contribution in [3.63, 3.8) is 0 Å². The Morgan fingerprint density at radius 3 is 2.03 bits per heavy atom. The number of carbonyl (C=O) groups excluding carboxylic acids is 1. The summed E-state index contributed by atoms with van der Waals surface area (Å²) in [6, 6.07) is 10.1. The fourth-order valence-electron chi connectivity index (χ4n) is 3.62. The topological polar surface area (TPSA) is 162 Å². The van der Waals surface area contributed by atoms with Crippen LogP contribution >= 0.6 is 0 Å². The van der Waals surface area contributed by atoms with E-state index in [4.69, 9.17) is 25.2 Å². The number of nitrogens with zero attached hydrogens (tertiary/aromatic N) is 1. The second kappa shape index (κ2) is 12.2. The third kappa shape index (κ3) is 7.61. The highest BCUT2D eigenvalue weighted by molar-refractivity contribution is 5.88. The van der Waals surface area contributed by atoms with Gasteiger partial charge in [-0.3, -0.25) is 14.4 Å². The van der Waals surface area contributed by atoms with Crippen LogP contribution < -0.4 is 0 Å². The van der Waals surface area contributed by atoms with E-state index in [9.17, 15) is 19.2 Å². The molecule has 0 aromatic heterocycles. The predicted octanol–water partition coefficient (Wildman–Crippen LogP) is 1.35. The lowest BCUT2D eigenvalue weighted by Crippen LogP contribution is -2.42. The van der Waals surface area contributed by atoms with E-state index in [0.29, 0.717) is 6.61 Å². The van der Waals surface area contributed by atoms with Crippen LogP contribution in [-0.4, -0.2) is 81.5 Å². The van der Waals surface area contributed by atoms with E-state index in [2.05, 4.69) is 24.1 Å². The van der Waals surface area contributed by atoms with Gasteiger partial charge in [0, 0.05) is 0 Å². The van der Waals surface area contributed by atoms with Gasteiger partial charge in [0.15, 0.2) is 5.60 Å². The number of benzene rings is 1. The molecule has 32 heavy (non-hydrogen) atoms. The normalized spacial score (nSPS) is 19.1. The second-order valence-electron chi connectivity index (χ2n) is 7.80. The number of esters is 1. The van der Waals surface area contributed by atoms with E-state index in [1.54, 1.807) is 0 Å². The maximum absolute atomic E-state index is 12.5. The number of rotatable bonds is 8. The first-order valence-corrected chi connectivity index (χ1v) is 10.3. The van der Waals surface area contributed by atoms with Crippen LogP contribution in [0.4, 0.5) is 0 Å². The summed E-state index contributed by atoms with van der Waals surface area (Å²) in [5.74, 6) is -5.08. The van der Waals surface area contributed by atoms with E-state index in [0.717, 1.165) is 37.9 Å². The lowest BCUT2D eigenvalue weighted by Gasteiger charge is -2.30. The van der Waals surface area contributed by atoms with E-state index >= 15 is 0 Å². The minimum absolute atomic E-state index is 0.0588. The highest BCUT2D eigenvalue weighted by atomic mass is 16.5. The van der Waals surface area contributed by atoms with Gasteiger partial charge in [0.1, 0.15) is 0 Å². The Kier molecular flexibility index (Phi) is 10.3. The smallest absolute Gasteiger partial charge is 0.336 e. The van der Waals surface area contributed by atoms with Crippen LogP contribution in [0.5, 0.6) is 0 Å². The Balaban J connectivity index is 0.000000347. The first kappa shape index (κ1) is 27.1. The van der Waals surface area contributed by atoms with Gasteiger partial charge in [-0.1, -0.05) is 30.3 Å². The molecule has 10 heteroatoms. The second-order valence-corrected chi connectivity index (χ2v) is 7.80. The van der Waals surface area contributed by atoms with Crippen molar-refractivity contribution in [2.24, 2.45) is 0 Å². The van der Waals surface area contributed by atoms with Gasteiger partial charge >= 0.3 is 23.9 Å². The molecule has 0 radical (unpaired) electrons. The van der Waals surface area contributed by atoms with Gasteiger partial charge in [-0.15, -0.1) is 0 Å². The van der Waals surface area contributed by atoms with Crippen LogP contribution in [0.25, 0.3) is 0 Å². The molecule has 1 heterocycles. The van der Waals surface area contributed by atoms with Gasteiger partial charge in [0.05, 0.1) is 24.9 Å². The first-order chi connectivity index (χ1) is 15.0. The number of hydrogen-bond donors (Lipinski definition) is 4. The molecule has 178 valence electrons. The monoisotopic (exact) mass is 453 g/mol. The molecule has 2 rings (SSSR count). The maximum Gasteiger partial charge on any atom is 0.336 e. The van der Waals surface area contributed by atoms with Crippen LogP contribution in [0.1, 0.15) is 44.6 Å². The van der Waals surface area contributed by atoms with Crippen LogP contribution in [-0.2, 0) is 29.3 Å². The molecule has 1 aliphatic rings. The number of carbonyl (C=O) groups is 4. The number of likely N-dealkylation sites (tertiary alicyclic amines) is 1. The van der Waals surface area contributed by atoms with Crippen molar-refractivity contribution in [2.75, 3.05) is 26.7 Å². The number of hydrogen-bond acceptors (Lipinski definition) is 7. The minimum Gasteiger partial charge on any atom is -0.481 e. The van der Waals surface area contributed by atoms with Gasteiger partial charge in [0.25, 0.3) is 0 Å². The van der Waals surface area contributed by atoms with Crippen molar-refractivity contribution in [3.8, 4) is 0 Å². The predicted molar refractivity (Wildman–Crippen MR) is 113 cm³/mol. The highest BCUT2D eigenvalue weighted by Gasteiger charge is 2.42. The molecular formula is C22H31NO9. The van der Waals surface area contributed by atoms with Crippen LogP contribution in [0.3, 0.4) is 0 Å². The average molecular weight is 453 g/mol. The lowest BCUT2D eigenvalue weighted by atomic mass is 9.74. The third-order valence-electron chi connectivity index (χ3n) is 5.34. The molecule has 0 aliphatic carbocycles. The third-order valence-corrected chi connectivity index (χ3v) is 5.34. The van der Waals surface area contributed by atoms with Crippen molar-refractivity contribution in [2.45, 2.75) is 50.0 Å². The van der Waals surface area contributed by atoms with E-state index in [-0.39, 0.29) is 5.97 Å². The zero-order valence-electron chi connectivity index (χ0n) is 18.3. The molecule has 1 aromatic carbocycles. The molecular weight excluding hydrogens is 422 g/mol. The van der Waals surface area contributed by atoms with Crippen LogP contribution in [0.2, 0.25) is 0 Å². The molecule has 0 spiro atoms.